The fourth-order valence-electron chi connectivity index (χ4n) is 4.12. The molecular weight excluding hydrogens is 416 g/mol. The van der Waals surface area contributed by atoms with Crippen LogP contribution in [0.4, 0.5) is 0 Å². The van der Waals surface area contributed by atoms with Crippen molar-refractivity contribution >= 4 is 16.7 Å². The number of hydrogen-bond donors (Lipinski definition) is 2. The number of pyridine rings is 1. The number of hydrogen-bond acceptors (Lipinski definition) is 4. The second-order valence-corrected chi connectivity index (χ2v) is 7.83. The minimum absolute atomic E-state index is 0.130. The lowest BCUT2D eigenvalue weighted by atomic mass is 9.96. The van der Waals surface area contributed by atoms with Gasteiger partial charge in [0.15, 0.2) is 0 Å². The van der Waals surface area contributed by atoms with Gasteiger partial charge in [-0.25, -0.2) is 0 Å². The zero-order valence-electron chi connectivity index (χ0n) is 18.6. The lowest BCUT2D eigenvalue weighted by Crippen LogP contribution is -2.33. The molecule has 4 rings (SSSR count). The Morgan fingerprint density at radius 2 is 1.67 bits per heavy atom. The minimum Gasteiger partial charge on any atom is -0.497 e. The summed E-state index contributed by atoms with van der Waals surface area (Å²) in [6.07, 6.45) is 0. The smallest absolute Gasteiger partial charge is 0.258 e. The van der Waals surface area contributed by atoms with E-state index in [9.17, 15) is 14.7 Å². The average molecular weight is 443 g/mol. The Morgan fingerprint density at radius 3 is 2.30 bits per heavy atom. The Hall–Kier alpha value is -3.90. The first-order valence-electron chi connectivity index (χ1n) is 10.7. The van der Waals surface area contributed by atoms with Crippen molar-refractivity contribution in [1.82, 2.24) is 9.88 Å². The number of nitrogens with zero attached hydrogens (tertiary/aromatic N) is 1. The molecule has 0 aliphatic carbocycles. The number of fused-ring (bicyclic) bond motifs is 1. The van der Waals surface area contributed by atoms with E-state index in [4.69, 9.17) is 4.74 Å². The summed E-state index contributed by atoms with van der Waals surface area (Å²) in [5.41, 5.74) is 3.03. The first-order chi connectivity index (χ1) is 16.0. The summed E-state index contributed by atoms with van der Waals surface area (Å²) in [5.74, 6) is -0.350. The second-order valence-electron chi connectivity index (χ2n) is 7.83. The van der Waals surface area contributed by atoms with Crippen LogP contribution in [0.2, 0.25) is 0 Å². The van der Waals surface area contributed by atoms with Gasteiger partial charge >= 0.3 is 0 Å². The predicted molar refractivity (Wildman–Crippen MR) is 129 cm³/mol. The Morgan fingerprint density at radius 1 is 1.00 bits per heavy atom. The third-order valence-corrected chi connectivity index (χ3v) is 5.92. The van der Waals surface area contributed by atoms with E-state index in [-0.39, 0.29) is 24.6 Å². The molecule has 0 bridgehead atoms. The number of aliphatic hydroxyl groups is 1. The van der Waals surface area contributed by atoms with E-state index >= 15 is 0 Å². The molecule has 1 heterocycles. The fourth-order valence-corrected chi connectivity index (χ4v) is 4.12. The Bertz CT molecular complexity index is 1330. The number of carbonyl (C=O) groups excluding carboxylic acids is 1. The van der Waals surface area contributed by atoms with E-state index in [1.807, 2.05) is 66.7 Å². The van der Waals surface area contributed by atoms with Crippen LogP contribution in [0.15, 0.2) is 83.7 Å². The van der Waals surface area contributed by atoms with Crippen molar-refractivity contribution < 1.29 is 14.6 Å². The third kappa shape index (κ3) is 4.38. The van der Waals surface area contributed by atoms with E-state index in [0.717, 1.165) is 22.1 Å². The zero-order chi connectivity index (χ0) is 23.4. The highest BCUT2D eigenvalue weighted by Crippen LogP contribution is 2.32. The van der Waals surface area contributed by atoms with Crippen LogP contribution >= 0.6 is 0 Å². The summed E-state index contributed by atoms with van der Waals surface area (Å²) in [4.78, 5) is 26.1. The van der Waals surface area contributed by atoms with Crippen molar-refractivity contribution in [3.63, 3.8) is 0 Å². The molecular formula is C27H26N2O4. The fraction of sp³-hybridized carbons (Fsp3) is 0.185. The molecule has 1 amide bonds. The topological polar surface area (TPSA) is 80.6 Å². The summed E-state index contributed by atoms with van der Waals surface area (Å²) in [7, 11) is 3.30. The van der Waals surface area contributed by atoms with Crippen LogP contribution in [0.3, 0.4) is 0 Å². The van der Waals surface area contributed by atoms with Gasteiger partial charge in [0.2, 0.25) is 5.91 Å². The van der Waals surface area contributed by atoms with Gasteiger partial charge in [0.1, 0.15) is 5.75 Å². The van der Waals surface area contributed by atoms with Crippen LogP contribution in [0.25, 0.3) is 21.9 Å². The molecule has 6 nitrogen and oxygen atoms in total. The average Bonchev–Trinajstić information content (AvgIpc) is 2.86. The lowest BCUT2D eigenvalue weighted by Gasteiger charge is -2.20. The van der Waals surface area contributed by atoms with Crippen LogP contribution in [-0.2, 0) is 18.4 Å². The first kappa shape index (κ1) is 22.3. The number of ether oxygens (including phenoxy) is 1. The van der Waals surface area contributed by atoms with E-state index < -0.39 is 5.92 Å². The number of carbonyl (C=O) groups is 1. The summed E-state index contributed by atoms with van der Waals surface area (Å²) in [6.45, 7) is -0.180. The van der Waals surface area contributed by atoms with Gasteiger partial charge < -0.3 is 19.7 Å². The first-order valence-corrected chi connectivity index (χ1v) is 10.7. The van der Waals surface area contributed by atoms with Crippen LogP contribution in [-0.4, -0.2) is 29.3 Å². The predicted octanol–water partition coefficient (Wildman–Crippen LogP) is 3.61. The molecule has 3 aromatic carbocycles. The van der Waals surface area contributed by atoms with E-state index in [2.05, 4.69) is 5.32 Å². The normalized spacial score (nSPS) is 11.8. The highest BCUT2D eigenvalue weighted by atomic mass is 16.5. The van der Waals surface area contributed by atoms with E-state index in [1.54, 1.807) is 30.9 Å². The minimum atomic E-state index is -0.691. The molecule has 33 heavy (non-hydrogen) atoms. The number of nitrogens with one attached hydrogen (secondary N) is 1. The van der Waals surface area contributed by atoms with Gasteiger partial charge in [0, 0.05) is 29.1 Å². The van der Waals surface area contributed by atoms with Crippen LogP contribution in [0.1, 0.15) is 17.2 Å². The monoisotopic (exact) mass is 442 g/mol. The Labute approximate surface area is 192 Å². The van der Waals surface area contributed by atoms with Crippen molar-refractivity contribution in [2.45, 2.75) is 12.5 Å². The molecule has 0 spiro atoms. The maximum atomic E-state index is 13.2. The number of rotatable bonds is 7. The quantitative estimate of drug-likeness (QED) is 0.458. The van der Waals surface area contributed by atoms with Gasteiger partial charge in [-0.05, 0) is 29.3 Å². The van der Waals surface area contributed by atoms with E-state index in [0.29, 0.717) is 16.8 Å². The van der Waals surface area contributed by atoms with E-state index in [1.165, 1.54) is 0 Å². The molecule has 2 N–H and O–H groups in total. The molecule has 0 aliphatic rings. The van der Waals surface area contributed by atoms with Gasteiger partial charge in [-0.1, -0.05) is 60.7 Å². The molecule has 168 valence electrons. The van der Waals surface area contributed by atoms with Crippen molar-refractivity contribution in [2.24, 2.45) is 7.05 Å². The molecule has 0 aliphatic heterocycles. The number of methoxy groups -OCH3 is 1. The summed E-state index contributed by atoms with van der Waals surface area (Å²) < 4.78 is 6.99. The molecule has 1 unspecified atom stereocenters. The maximum Gasteiger partial charge on any atom is 0.258 e. The van der Waals surface area contributed by atoms with Gasteiger partial charge in [-0.15, -0.1) is 0 Å². The zero-order valence-corrected chi connectivity index (χ0v) is 18.6. The number of aliphatic hydroxyl groups excluding tert-OH is 1. The third-order valence-electron chi connectivity index (χ3n) is 5.92. The maximum absolute atomic E-state index is 13.2. The van der Waals surface area contributed by atoms with Gasteiger partial charge in [-0.3, -0.25) is 9.59 Å². The van der Waals surface area contributed by atoms with Gasteiger partial charge in [-0.2, -0.15) is 0 Å². The summed E-state index contributed by atoms with van der Waals surface area (Å²) >= 11 is 0. The SMILES string of the molecule is COc1ccc2c(=O)n(C)c(CNC(=O)C(CO)c3ccccc3)c(-c3ccccc3)c2c1. The molecule has 1 atom stereocenters. The van der Waals surface area contributed by atoms with Crippen LogP contribution < -0.4 is 15.6 Å². The molecule has 0 saturated heterocycles. The molecule has 4 aromatic rings. The van der Waals surface area contributed by atoms with Crippen LogP contribution in [0, 0.1) is 0 Å². The second kappa shape index (κ2) is 9.71. The number of benzene rings is 3. The highest BCUT2D eigenvalue weighted by molar-refractivity contribution is 5.98. The lowest BCUT2D eigenvalue weighted by molar-refractivity contribution is -0.123. The summed E-state index contributed by atoms with van der Waals surface area (Å²) in [6, 6.07) is 24.3. The van der Waals surface area contributed by atoms with Crippen molar-refractivity contribution in [2.75, 3.05) is 13.7 Å². The Kier molecular flexibility index (Phi) is 6.56. The largest absolute Gasteiger partial charge is 0.497 e. The van der Waals surface area contributed by atoms with Crippen molar-refractivity contribution in [3.05, 3.63) is 100 Å². The molecule has 0 fully saturated rings. The number of amides is 1. The standard InChI is InChI=1S/C27H26N2O4/c1-29-24(16-28-26(31)23(17-30)18-9-5-3-6-10-18)25(19-11-7-4-8-12-19)22-15-20(33-2)13-14-21(22)27(29)32/h3-15,23,30H,16-17H2,1-2H3,(H,28,31). The Balaban J connectivity index is 1.80. The van der Waals surface area contributed by atoms with Crippen molar-refractivity contribution in [1.29, 1.82) is 0 Å². The summed E-state index contributed by atoms with van der Waals surface area (Å²) in [5, 5.41) is 14.1. The molecule has 1 aromatic heterocycles. The highest BCUT2D eigenvalue weighted by Gasteiger charge is 2.22. The molecule has 0 radical (unpaired) electrons. The van der Waals surface area contributed by atoms with Gasteiger partial charge in [0.25, 0.3) is 5.56 Å². The van der Waals surface area contributed by atoms with Crippen molar-refractivity contribution in [3.8, 4) is 16.9 Å². The van der Waals surface area contributed by atoms with Crippen LogP contribution in [0.5, 0.6) is 5.75 Å². The number of aromatic nitrogens is 1. The molecule has 6 heteroatoms. The molecule has 0 saturated carbocycles. The van der Waals surface area contributed by atoms with Gasteiger partial charge in [0.05, 0.1) is 26.2 Å².